The van der Waals surface area contributed by atoms with Gasteiger partial charge in [0, 0.05) is 24.5 Å². The molecule has 132 valence electrons. The molecule has 25 heavy (non-hydrogen) atoms. The van der Waals surface area contributed by atoms with Gasteiger partial charge in [-0.15, -0.1) is 0 Å². The summed E-state index contributed by atoms with van der Waals surface area (Å²) in [4.78, 5) is 17.1. The first-order chi connectivity index (χ1) is 12.1. The molecule has 0 saturated heterocycles. The molecular weight excluding hydrogens is 318 g/mol. The van der Waals surface area contributed by atoms with Gasteiger partial charge in [0.25, 0.3) is 5.91 Å². The van der Waals surface area contributed by atoms with E-state index in [9.17, 15) is 4.79 Å². The van der Waals surface area contributed by atoms with Crippen LogP contribution in [0.25, 0.3) is 10.9 Å². The summed E-state index contributed by atoms with van der Waals surface area (Å²) in [7, 11) is 3.52. The van der Waals surface area contributed by atoms with Crippen molar-refractivity contribution in [2.24, 2.45) is 7.05 Å². The lowest BCUT2D eigenvalue weighted by atomic mass is 10.2. The number of hydrogen-bond acceptors (Lipinski definition) is 4. The maximum Gasteiger partial charge on any atom is 0.268 e. The summed E-state index contributed by atoms with van der Waals surface area (Å²) in [6, 6.07) is 7.47. The Balaban J connectivity index is 1.89. The van der Waals surface area contributed by atoms with Crippen LogP contribution in [0.1, 0.15) is 42.6 Å². The predicted octanol–water partition coefficient (Wildman–Crippen LogP) is 2.68. The fourth-order valence-corrected chi connectivity index (χ4v) is 3.04. The van der Waals surface area contributed by atoms with Gasteiger partial charge in [-0.05, 0) is 37.6 Å². The lowest BCUT2D eigenvalue weighted by Gasteiger charge is -2.17. The molecule has 0 unspecified atom stereocenters. The summed E-state index contributed by atoms with van der Waals surface area (Å²) >= 11 is 0. The van der Waals surface area contributed by atoms with Gasteiger partial charge in [0.1, 0.15) is 23.6 Å². The van der Waals surface area contributed by atoms with Crippen LogP contribution < -0.4 is 10.1 Å². The first-order valence-electron chi connectivity index (χ1n) is 8.41. The second kappa shape index (κ2) is 6.96. The van der Waals surface area contributed by atoms with Gasteiger partial charge >= 0.3 is 0 Å². The van der Waals surface area contributed by atoms with Crippen molar-refractivity contribution in [2.75, 3.05) is 7.11 Å². The van der Waals surface area contributed by atoms with Crippen LogP contribution in [0.4, 0.5) is 0 Å². The number of carbonyl (C=O) groups excluding carboxylic acids is 1. The standard InChI is InChI=1S/C18H23N5O2/c1-5-14(17-19-11-20-23(17)6-2)21-18(24)16-10-12-9-13(25-4)7-8-15(12)22(16)3/h7-11,14H,5-6H2,1-4H3,(H,21,24)/t14-/m1/s1. The van der Waals surface area contributed by atoms with Crippen molar-refractivity contribution in [2.45, 2.75) is 32.9 Å². The summed E-state index contributed by atoms with van der Waals surface area (Å²) < 4.78 is 8.96. The second-order valence-electron chi connectivity index (χ2n) is 5.88. The number of carbonyl (C=O) groups is 1. The van der Waals surface area contributed by atoms with Crippen molar-refractivity contribution in [1.82, 2.24) is 24.6 Å². The maximum absolute atomic E-state index is 12.8. The lowest BCUT2D eigenvalue weighted by molar-refractivity contribution is 0.0925. The minimum absolute atomic E-state index is 0.129. The Morgan fingerprint density at radius 1 is 1.32 bits per heavy atom. The van der Waals surface area contributed by atoms with Crippen LogP contribution in [-0.2, 0) is 13.6 Å². The number of rotatable bonds is 6. The van der Waals surface area contributed by atoms with E-state index in [1.807, 2.05) is 49.7 Å². The van der Waals surface area contributed by atoms with Gasteiger partial charge in [-0.25, -0.2) is 9.67 Å². The molecular formula is C18H23N5O2. The fourth-order valence-electron chi connectivity index (χ4n) is 3.04. The smallest absolute Gasteiger partial charge is 0.268 e. The predicted molar refractivity (Wildman–Crippen MR) is 95.7 cm³/mol. The average molecular weight is 341 g/mol. The van der Waals surface area contributed by atoms with E-state index in [1.165, 1.54) is 6.33 Å². The van der Waals surface area contributed by atoms with E-state index in [1.54, 1.807) is 11.8 Å². The Morgan fingerprint density at radius 2 is 2.12 bits per heavy atom. The summed E-state index contributed by atoms with van der Waals surface area (Å²) in [6.45, 7) is 4.74. The van der Waals surface area contributed by atoms with Gasteiger partial charge in [-0.1, -0.05) is 6.92 Å². The molecule has 0 aliphatic carbocycles. The molecule has 0 aliphatic rings. The fraction of sp³-hybridized carbons (Fsp3) is 0.389. The number of methoxy groups -OCH3 is 1. The van der Waals surface area contributed by atoms with Crippen molar-refractivity contribution in [3.63, 3.8) is 0 Å². The van der Waals surface area contributed by atoms with Gasteiger partial charge in [0.15, 0.2) is 0 Å². The largest absolute Gasteiger partial charge is 0.497 e. The molecule has 0 radical (unpaired) electrons. The molecule has 1 amide bonds. The van der Waals surface area contributed by atoms with Crippen molar-refractivity contribution in [3.05, 3.63) is 42.1 Å². The first-order valence-corrected chi connectivity index (χ1v) is 8.41. The second-order valence-corrected chi connectivity index (χ2v) is 5.88. The summed E-state index contributed by atoms with van der Waals surface area (Å²) in [5.41, 5.74) is 1.58. The number of aromatic nitrogens is 4. The molecule has 0 spiro atoms. The highest BCUT2D eigenvalue weighted by Crippen LogP contribution is 2.24. The normalized spacial score (nSPS) is 12.3. The van der Waals surface area contributed by atoms with Crippen LogP contribution in [0.5, 0.6) is 5.75 Å². The SMILES string of the molecule is CC[C@@H](NC(=O)c1cc2cc(OC)ccc2n1C)c1ncnn1CC. The highest BCUT2D eigenvalue weighted by molar-refractivity contribution is 5.99. The van der Waals surface area contributed by atoms with Crippen molar-refractivity contribution in [1.29, 1.82) is 0 Å². The number of nitrogens with zero attached hydrogens (tertiary/aromatic N) is 4. The van der Waals surface area contributed by atoms with E-state index in [0.717, 1.165) is 35.4 Å². The molecule has 0 bridgehead atoms. The van der Waals surface area contributed by atoms with E-state index < -0.39 is 0 Å². The topological polar surface area (TPSA) is 74.0 Å². The Bertz CT molecular complexity index is 896. The van der Waals surface area contributed by atoms with Crippen LogP contribution >= 0.6 is 0 Å². The third-order valence-corrected chi connectivity index (χ3v) is 4.45. The van der Waals surface area contributed by atoms with E-state index >= 15 is 0 Å². The molecule has 7 nitrogen and oxygen atoms in total. The lowest BCUT2D eigenvalue weighted by Crippen LogP contribution is -2.31. The molecule has 0 fully saturated rings. The molecule has 2 heterocycles. The van der Waals surface area contributed by atoms with Crippen LogP contribution in [0.3, 0.4) is 0 Å². The van der Waals surface area contributed by atoms with E-state index in [2.05, 4.69) is 15.4 Å². The average Bonchev–Trinajstić information content (AvgIpc) is 3.23. The quantitative estimate of drug-likeness (QED) is 0.748. The van der Waals surface area contributed by atoms with Gasteiger partial charge in [-0.3, -0.25) is 4.79 Å². The van der Waals surface area contributed by atoms with Crippen LogP contribution in [0, 0.1) is 0 Å². The Kier molecular flexibility index (Phi) is 4.74. The third kappa shape index (κ3) is 3.09. The Morgan fingerprint density at radius 3 is 2.80 bits per heavy atom. The first kappa shape index (κ1) is 17.0. The van der Waals surface area contributed by atoms with Gasteiger partial charge in [0.2, 0.25) is 0 Å². The molecule has 3 rings (SSSR count). The van der Waals surface area contributed by atoms with Crippen LogP contribution in [0.15, 0.2) is 30.6 Å². The number of aryl methyl sites for hydroxylation is 2. The van der Waals surface area contributed by atoms with E-state index in [4.69, 9.17) is 4.74 Å². The molecule has 0 saturated carbocycles. The molecule has 0 aliphatic heterocycles. The molecule has 3 aromatic rings. The van der Waals surface area contributed by atoms with Crippen molar-refractivity contribution in [3.8, 4) is 5.75 Å². The van der Waals surface area contributed by atoms with E-state index in [0.29, 0.717) is 5.69 Å². The van der Waals surface area contributed by atoms with Crippen molar-refractivity contribution >= 4 is 16.8 Å². The van der Waals surface area contributed by atoms with E-state index in [-0.39, 0.29) is 11.9 Å². The Labute approximate surface area is 146 Å². The number of amides is 1. The number of hydrogen-bond donors (Lipinski definition) is 1. The highest BCUT2D eigenvalue weighted by Gasteiger charge is 2.21. The number of nitrogens with one attached hydrogen (secondary N) is 1. The zero-order valence-corrected chi connectivity index (χ0v) is 15.0. The zero-order valence-electron chi connectivity index (χ0n) is 15.0. The number of ether oxygens (including phenoxy) is 1. The molecule has 1 aromatic carbocycles. The summed E-state index contributed by atoms with van der Waals surface area (Å²) in [6.07, 6.45) is 2.26. The van der Waals surface area contributed by atoms with Crippen LogP contribution in [-0.4, -0.2) is 32.3 Å². The maximum atomic E-state index is 12.8. The summed E-state index contributed by atoms with van der Waals surface area (Å²) in [5, 5.41) is 8.24. The highest BCUT2D eigenvalue weighted by atomic mass is 16.5. The minimum Gasteiger partial charge on any atom is -0.497 e. The van der Waals surface area contributed by atoms with Gasteiger partial charge in [0.05, 0.1) is 13.2 Å². The van der Waals surface area contributed by atoms with Gasteiger partial charge < -0.3 is 14.6 Å². The molecule has 1 atom stereocenters. The minimum atomic E-state index is -0.178. The Hall–Kier alpha value is -2.83. The number of fused-ring (bicyclic) bond motifs is 1. The molecule has 1 N–H and O–H groups in total. The number of benzene rings is 1. The van der Waals surface area contributed by atoms with Crippen molar-refractivity contribution < 1.29 is 9.53 Å². The van der Waals surface area contributed by atoms with Crippen LogP contribution in [0.2, 0.25) is 0 Å². The monoisotopic (exact) mass is 341 g/mol. The molecule has 7 heteroatoms. The summed E-state index contributed by atoms with van der Waals surface area (Å²) in [5.74, 6) is 1.42. The zero-order chi connectivity index (χ0) is 18.0. The van der Waals surface area contributed by atoms with Gasteiger partial charge in [-0.2, -0.15) is 5.10 Å². The molecule has 2 aromatic heterocycles. The third-order valence-electron chi connectivity index (χ3n) is 4.45.